The molecule has 0 aromatic heterocycles. The summed E-state index contributed by atoms with van der Waals surface area (Å²) in [6.45, 7) is 3.90. The van der Waals surface area contributed by atoms with Gasteiger partial charge < -0.3 is 15.2 Å². The Morgan fingerprint density at radius 2 is 1.88 bits per heavy atom. The molecule has 0 heterocycles. The van der Waals surface area contributed by atoms with Crippen molar-refractivity contribution in [1.29, 1.82) is 0 Å². The molecule has 140 valence electrons. The Hall–Kier alpha value is -2.42. The molecule has 0 atom stereocenters. The lowest BCUT2D eigenvalue weighted by atomic mass is 10.1. The van der Waals surface area contributed by atoms with E-state index < -0.39 is 15.9 Å². The van der Waals surface area contributed by atoms with Gasteiger partial charge in [-0.3, -0.25) is 4.79 Å². The van der Waals surface area contributed by atoms with E-state index in [4.69, 9.17) is 4.74 Å². The highest BCUT2D eigenvalue weighted by Crippen LogP contribution is 2.25. The van der Waals surface area contributed by atoms with Gasteiger partial charge in [0.1, 0.15) is 5.75 Å². The molecule has 2 rings (SSSR count). The van der Waals surface area contributed by atoms with Gasteiger partial charge in [0.2, 0.25) is 10.0 Å². The maximum atomic E-state index is 12.6. The first kappa shape index (κ1) is 19.9. The van der Waals surface area contributed by atoms with E-state index in [2.05, 4.69) is 10.0 Å². The highest BCUT2D eigenvalue weighted by molar-refractivity contribution is 7.89. The minimum Gasteiger partial charge on any atom is -0.506 e. The molecule has 7 nitrogen and oxygen atoms in total. The number of benzene rings is 2. The third kappa shape index (κ3) is 4.81. The van der Waals surface area contributed by atoms with Crippen molar-refractivity contribution in [3.05, 3.63) is 53.1 Å². The summed E-state index contributed by atoms with van der Waals surface area (Å²) in [7, 11) is -2.28. The van der Waals surface area contributed by atoms with Crippen LogP contribution in [0.5, 0.6) is 5.75 Å². The Kier molecular flexibility index (Phi) is 6.36. The van der Waals surface area contributed by atoms with Crippen LogP contribution in [0.15, 0.2) is 41.3 Å². The number of nitrogens with one attached hydrogen (secondary N) is 2. The molecule has 0 bridgehead atoms. The lowest BCUT2D eigenvalue weighted by Gasteiger charge is -2.12. The smallest absolute Gasteiger partial charge is 0.256 e. The normalized spacial score (nSPS) is 11.3. The number of carbonyl (C=O) groups is 1. The number of hydrogen-bond donors (Lipinski definition) is 3. The van der Waals surface area contributed by atoms with Gasteiger partial charge in [-0.2, -0.15) is 0 Å². The molecule has 2 aromatic carbocycles. The summed E-state index contributed by atoms with van der Waals surface area (Å²) in [5.74, 6) is -0.559. The molecule has 0 aliphatic carbocycles. The van der Waals surface area contributed by atoms with Gasteiger partial charge in [0.05, 0.1) is 17.2 Å². The van der Waals surface area contributed by atoms with E-state index in [-0.39, 0.29) is 35.0 Å². The molecule has 0 radical (unpaired) electrons. The zero-order valence-corrected chi connectivity index (χ0v) is 15.7. The number of phenols is 1. The van der Waals surface area contributed by atoms with E-state index in [1.807, 2.05) is 6.92 Å². The molecule has 0 saturated heterocycles. The van der Waals surface area contributed by atoms with Crippen molar-refractivity contribution in [2.75, 3.05) is 25.6 Å². The topological polar surface area (TPSA) is 105 Å². The van der Waals surface area contributed by atoms with Crippen LogP contribution in [0, 0.1) is 13.8 Å². The Morgan fingerprint density at radius 3 is 2.54 bits per heavy atom. The fourth-order valence-electron chi connectivity index (χ4n) is 2.31. The standard InChI is InChI=1S/C18H22N2O5S/c1-12-4-7-16(17(21)10-12)20-18(22)15-11-14(6-5-13(15)2)26(23,24)19-8-9-25-3/h4-7,10-11,19,21H,8-9H2,1-3H3,(H,20,22). The predicted molar refractivity (Wildman–Crippen MR) is 99.0 cm³/mol. The maximum absolute atomic E-state index is 12.6. The molecule has 1 amide bonds. The van der Waals surface area contributed by atoms with Gasteiger partial charge in [0, 0.05) is 19.2 Å². The van der Waals surface area contributed by atoms with Crippen LogP contribution < -0.4 is 10.0 Å². The second-order valence-corrected chi connectivity index (χ2v) is 7.61. The van der Waals surface area contributed by atoms with E-state index in [0.717, 1.165) is 5.56 Å². The fourth-order valence-corrected chi connectivity index (χ4v) is 3.35. The van der Waals surface area contributed by atoms with Gasteiger partial charge in [0.25, 0.3) is 5.91 Å². The minimum absolute atomic E-state index is 0.0162. The van der Waals surface area contributed by atoms with Crippen LogP contribution in [-0.4, -0.2) is 39.7 Å². The van der Waals surface area contributed by atoms with Crippen LogP contribution in [0.4, 0.5) is 5.69 Å². The minimum atomic E-state index is -3.75. The fraction of sp³-hybridized carbons (Fsp3) is 0.278. The summed E-state index contributed by atoms with van der Waals surface area (Å²) >= 11 is 0. The zero-order valence-electron chi connectivity index (χ0n) is 14.9. The van der Waals surface area contributed by atoms with E-state index in [0.29, 0.717) is 5.56 Å². The highest BCUT2D eigenvalue weighted by atomic mass is 32.2. The van der Waals surface area contributed by atoms with Crippen LogP contribution in [0.25, 0.3) is 0 Å². The number of ether oxygens (including phenoxy) is 1. The predicted octanol–water partition coefficient (Wildman–Crippen LogP) is 2.19. The number of aryl methyl sites for hydroxylation is 2. The molecule has 0 fully saturated rings. The molecule has 0 saturated carbocycles. The summed E-state index contributed by atoms with van der Waals surface area (Å²) < 4.78 is 31.8. The lowest BCUT2D eigenvalue weighted by Crippen LogP contribution is -2.27. The summed E-state index contributed by atoms with van der Waals surface area (Å²) in [6, 6.07) is 9.18. The van der Waals surface area contributed by atoms with Gasteiger partial charge in [-0.05, 0) is 49.2 Å². The molecule has 2 aromatic rings. The number of phenolic OH excluding ortho intramolecular Hbond substituents is 1. The summed E-state index contributed by atoms with van der Waals surface area (Å²) in [4.78, 5) is 12.5. The molecule has 26 heavy (non-hydrogen) atoms. The van der Waals surface area contributed by atoms with Gasteiger partial charge in [-0.15, -0.1) is 0 Å². The molecule has 3 N–H and O–H groups in total. The maximum Gasteiger partial charge on any atom is 0.256 e. The molecule has 0 aliphatic heterocycles. The van der Waals surface area contributed by atoms with Crippen LogP contribution in [0.2, 0.25) is 0 Å². The summed E-state index contributed by atoms with van der Waals surface area (Å²) in [6.07, 6.45) is 0. The quantitative estimate of drug-likeness (QED) is 0.506. The van der Waals surface area contributed by atoms with Crippen LogP contribution in [0.1, 0.15) is 21.5 Å². The van der Waals surface area contributed by atoms with Gasteiger partial charge >= 0.3 is 0 Å². The number of methoxy groups -OCH3 is 1. The lowest BCUT2D eigenvalue weighted by molar-refractivity contribution is 0.102. The largest absolute Gasteiger partial charge is 0.506 e. The number of anilines is 1. The Morgan fingerprint density at radius 1 is 1.15 bits per heavy atom. The third-order valence-corrected chi connectivity index (χ3v) is 5.22. The molecular weight excluding hydrogens is 356 g/mol. The molecular formula is C18H22N2O5S. The third-order valence-electron chi connectivity index (χ3n) is 3.76. The molecule has 8 heteroatoms. The van der Waals surface area contributed by atoms with Crippen LogP contribution in [0.3, 0.4) is 0 Å². The van der Waals surface area contributed by atoms with E-state index >= 15 is 0 Å². The number of hydrogen-bond acceptors (Lipinski definition) is 5. The number of sulfonamides is 1. The second kappa shape index (κ2) is 8.31. The average molecular weight is 378 g/mol. The van der Waals surface area contributed by atoms with Crippen LogP contribution in [-0.2, 0) is 14.8 Å². The average Bonchev–Trinajstić information content (AvgIpc) is 2.57. The van der Waals surface area contributed by atoms with Crippen molar-refractivity contribution in [2.45, 2.75) is 18.7 Å². The first-order valence-electron chi connectivity index (χ1n) is 7.95. The van der Waals surface area contributed by atoms with Crippen LogP contribution >= 0.6 is 0 Å². The SMILES string of the molecule is COCCNS(=O)(=O)c1ccc(C)c(C(=O)Nc2ccc(C)cc2O)c1. The molecule has 0 aliphatic rings. The first-order chi connectivity index (χ1) is 12.2. The van der Waals surface area contributed by atoms with Crippen molar-refractivity contribution >= 4 is 21.6 Å². The first-order valence-corrected chi connectivity index (χ1v) is 9.43. The second-order valence-electron chi connectivity index (χ2n) is 5.84. The Labute approximate surface area is 153 Å². The Bertz CT molecular complexity index is 910. The number of amides is 1. The molecule has 0 unspecified atom stereocenters. The van der Waals surface area contributed by atoms with Gasteiger partial charge in [-0.1, -0.05) is 12.1 Å². The van der Waals surface area contributed by atoms with Gasteiger partial charge in [0.15, 0.2) is 0 Å². The van der Waals surface area contributed by atoms with Crippen molar-refractivity contribution in [3.8, 4) is 5.75 Å². The number of rotatable bonds is 7. The number of carbonyl (C=O) groups excluding carboxylic acids is 1. The van der Waals surface area contributed by atoms with Crippen molar-refractivity contribution in [2.24, 2.45) is 0 Å². The van der Waals surface area contributed by atoms with E-state index in [9.17, 15) is 18.3 Å². The monoisotopic (exact) mass is 378 g/mol. The van der Waals surface area contributed by atoms with Crippen molar-refractivity contribution < 1.29 is 23.1 Å². The van der Waals surface area contributed by atoms with Gasteiger partial charge in [-0.25, -0.2) is 13.1 Å². The highest BCUT2D eigenvalue weighted by Gasteiger charge is 2.18. The summed E-state index contributed by atoms with van der Waals surface area (Å²) in [5.41, 5.74) is 1.93. The van der Waals surface area contributed by atoms with E-state index in [1.54, 1.807) is 25.1 Å². The van der Waals surface area contributed by atoms with E-state index in [1.165, 1.54) is 25.3 Å². The Balaban J connectivity index is 2.27. The summed E-state index contributed by atoms with van der Waals surface area (Å²) in [5, 5.41) is 12.5. The zero-order chi connectivity index (χ0) is 19.3. The van der Waals surface area contributed by atoms with Crippen molar-refractivity contribution in [1.82, 2.24) is 4.72 Å². The molecule has 0 spiro atoms. The van der Waals surface area contributed by atoms with Crippen molar-refractivity contribution in [3.63, 3.8) is 0 Å². The number of aromatic hydroxyl groups is 1.